The predicted octanol–water partition coefficient (Wildman–Crippen LogP) is 4.34. The molecule has 0 saturated heterocycles. The SMILES string of the molecule is CCCC(=O)Oc1cc(N=Nc2ccccc2)c(NC(C)=O)nc1NC(=O)OC. The monoisotopic (exact) mass is 399 g/mol. The van der Waals surface area contributed by atoms with Crippen molar-refractivity contribution in [3.05, 3.63) is 36.4 Å². The second kappa shape index (κ2) is 10.5. The molecule has 1 aromatic carbocycles. The zero-order valence-electron chi connectivity index (χ0n) is 16.3. The molecule has 2 N–H and O–H groups in total. The number of anilines is 2. The van der Waals surface area contributed by atoms with Crippen LogP contribution in [0.5, 0.6) is 5.75 Å². The van der Waals surface area contributed by atoms with Gasteiger partial charge in [0, 0.05) is 19.4 Å². The topological polar surface area (TPSA) is 131 Å². The third-order valence-corrected chi connectivity index (χ3v) is 3.38. The second-order valence-electron chi connectivity index (χ2n) is 5.76. The number of amides is 2. The van der Waals surface area contributed by atoms with Gasteiger partial charge in [-0.2, -0.15) is 5.11 Å². The van der Waals surface area contributed by atoms with E-state index in [9.17, 15) is 14.4 Å². The van der Waals surface area contributed by atoms with Crippen LogP contribution in [-0.4, -0.2) is 30.1 Å². The summed E-state index contributed by atoms with van der Waals surface area (Å²) in [6.07, 6.45) is -0.0690. The minimum absolute atomic E-state index is 0.0267. The van der Waals surface area contributed by atoms with E-state index < -0.39 is 18.0 Å². The highest BCUT2D eigenvalue weighted by atomic mass is 16.5. The molecule has 2 amide bonds. The molecule has 0 saturated carbocycles. The molecule has 0 aliphatic rings. The first-order chi connectivity index (χ1) is 13.9. The van der Waals surface area contributed by atoms with E-state index in [1.807, 2.05) is 13.0 Å². The van der Waals surface area contributed by atoms with Crippen LogP contribution in [-0.2, 0) is 14.3 Å². The number of hydrogen-bond acceptors (Lipinski definition) is 8. The van der Waals surface area contributed by atoms with Gasteiger partial charge in [0.25, 0.3) is 0 Å². The Morgan fingerprint density at radius 3 is 2.41 bits per heavy atom. The van der Waals surface area contributed by atoms with Gasteiger partial charge in [-0.1, -0.05) is 25.1 Å². The van der Waals surface area contributed by atoms with Crippen LogP contribution in [0, 0.1) is 0 Å². The maximum Gasteiger partial charge on any atom is 0.412 e. The van der Waals surface area contributed by atoms with Gasteiger partial charge in [-0.15, -0.1) is 5.11 Å². The van der Waals surface area contributed by atoms with Gasteiger partial charge in [-0.3, -0.25) is 14.9 Å². The second-order valence-corrected chi connectivity index (χ2v) is 5.76. The Labute approximate surface area is 167 Å². The molecule has 0 aliphatic carbocycles. The molecular formula is C19H21N5O5. The van der Waals surface area contributed by atoms with Crippen LogP contribution in [0.3, 0.4) is 0 Å². The number of azo groups is 1. The van der Waals surface area contributed by atoms with E-state index in [1.165, 1.54) is 20.1 Å². The Bertz CT molecular complexity index is 915. The van der Waals surface area contributed by atoms with Crippen LogP contribution >= 0.6 is 0 Å². The molecule has 2 aromatic rings. The number of hydrogen-bond donors (Lipinski definition) is 2. The maximum absolute atomic E-state index is 12.0. The fraction of sp³-hybridized carbons (Fsp3) is 0.263. The van der Waals surface area contributed by atoms with Crippen molar-refractivity contribution >= 4 is 41.0 Å². The molecular weight excluding hydrogens is 378 g/mol. The van der Waals surface area contributed by atoms with E-state index >= 15 is 0 Å². The number of carbonyl (C=O) groups excluding carboxylic acids is 3. The van der Waals surface area contributed by atoms with E-state index in [0.29, 0.717) is 12.1 Å². The molecule has 0 spiro atoms. The molecule has 0 aliphatic heterocycles. The number of benzene rings is 1. The van der Waals surface area contributed by atoms with Crippen LogP contribution in [0.25, 0.3) is 0 Å². The lowest BCUT2D eigenvalue weighted by molar-refractivity contribution is -0.134. The highest BCUT2D eigenvalue weighted by Gasteiger charge is 2.18. The first kappa shape index (κ1) is 21.5. The fourth-order valence-electron chi connectivity index (χ4n) is 2.12. The summed E-state index contributed by atoms with van der Waals surface area (Å²) in [4.78, 5) is 39.3. The third-order valence-electron chi connectivity index (χ3n) is 3.38. The zero-order chi connectivity index (χ0) is 21.2. The van der Waals surface area contributed by atoms with Crippen LogP contribution in [0.1, 0.15) is 26.7 Å². The summed E-state index contributed by atoms with van der Waals surface area (Å²) >= 11 is 0. The molecule has 0 atom stereocenters. The smallest absolute Gasteiger partial charge is 0.412 e. The van der Waals surface area contributed by atoms with E-state index in [2.05, 4.69) is 30.6 Å². The summed E-state index contributed by atoms with van der Waals surface area (Å²) in [5.41, 5.74) is 0.710. The lowest BCUT2D eigenvalue weighted by Crippen LogP contribution is -2.17. The highest BCUT2D eigenvalue weighted by Crippen LogP contribution is 2.35. The van der Waals surface area contributed by atoms with E-state index in [-0.39, 0.29) is 29.5 Å². The minimum atomic E-state index is -0.822. The van der Waals surface area contributed by atoms with Crippen LogP contribution in [0.2, 0.25) is 0 Å². The van der Waals surface area contributed by atoms with Crippen molar-refractivity contribution < 1.29 is 23.9 Å². The number of rotatable bonds is 7. The van der Waals surface area contributed by atoms with Crippen molar-refractivity contribution in [2.24, 2.45) is 10.2 Å². The van der Waals surface area contributed by atoms with Crippen molar-refractivity contribution in [3.8, 4) is 5.75 Å². The number of esters is 1. The summed E-state index contributed by atoms with van der Waals surface area (Å²) in [7, 11) is 1.18. The number of nitrogens with zero attached hydrogens (tertiary/aromatic N) is 3. The van der Waals surface area contributed by atoms with Crippen molar-refractivity contribution in [1.82, 2.24) is 4.98 Å². The molecule has 29 heavy (non-hydrogen) atoms. The average molecular weight is 399 g/mol. The van der Waals surface area contributed by atoms with Gasteiger partial charge in [0.2, 0.25) is 5.91 Å². The summed E-state index contributed by atoms with van der Waals surface area (Å²) in [5.74, 6) is -1.05. The van der Waals surface area contributed by atoms with E-state index in [4.69, 9.17) is 4.74 Å². The van der Waals surface area contributed by atoms with Crippen molar-refractivity contribution in [3.63, 3.8) is 0 Å². The number of ether oxygens (including phenoxy) is 2. The summed E-state index contributed by atoms with van der Waals surface area (Å²) in [6.45, 7) is 3.12. The lowest BCUT2D eigenvalue weighted by atomic mass is 10.3. The summed E-state index contributed by atoms with van der Waals surface area (Å²) in [5, 5.41) is 13.0. The molecule has 10 nitrogen and oxygen atoms in total. The molecule has 10 heteroatoms. The molecule has 2 rings (SSSR count). The Kier molecular flexibility index (Phi) is 7.78. The van der Waals surface area contributed by atoms with Crippen molar-refractivity contribution in [1.29, 1.82) is 0 Å². The van der Waals surface area contributed by atoms with Gasteiger partial charge < -0.3 is 14.8 Å². The summed E-state index contributed by atoms with van der Waals surface area (Å²) < 4.78 is 9.86. The predicted molar refractivity (Wildman–Crippen MR) is 106 cm³/mol. The summed E-state index contributed by atoms with van der Waals surface area (Å²) in [6, 6.07) is 10.3. The number of pyridine rings is 1. The van der Waals surface area contributed by atoms with Gasteiger partial charge in [-0.05, 0) is 18.6 Å². The molecule has 0 fully saturated rings. The number of nitrogens with one attached hydrogen (secondary N) is 2. The van der Waals surface area contributed by atoms with Gasteiger partial charge in [-0.25, -0.2) is 9.78 Å². The number of carbonyl (C=O) groups is 3. The minimum Gasteiger partial charge on any atom is -0.453 e. The molecule has 0 bridgehead atoms. The third kappa shape index (κ3) is 6.69. The number of aromatic nitrogens is 1. The highest BCUT2D eigenvalue weighted by molar-refractivity contribution is 5.93. The van der Waals surface area contributed by atoms with Crippen molar-refractivity contribution in [2.45, 2.75) is 26.7 Å². The van der Waals surface area contributed by atoms with Gasteiger partial charge in [0.15, 0.2) is 17.4 Å². The fourth-order valence-corrected chi connectivity index (χ4v) is 2.12. The zero-order valence-corrected chi connectivity index (χ0v) is 16.3. The Morgan fingerprint density at radius 2 is 1.79 bits per heavy atom. The van der Waals surface area contributed by atoms with Gasteiger partial charge in [0.05, 0.1) is 12.8 Å². The number of methoxy groups -OCH3 is 1. The molecule has 0 unspecified atom stereocenters. The maximum atomic E-state index is 12.0. The largest absolute Gasteiger partial charge is 0.453 e. The van der Waals surface area contributed by atoms with Crippen LogP contribution in [0.15, 0.2) is 46.6 Å². The van der Waals surface area contributed by atoms with Crippen LogP contribution < -0.4 is 15.4 Å². The Morgan fingerprint density at radius 1 is 1.07 bits per heavy atom. The molecule has 0 radical (unpaired) electrons. The molecule has 1 aromatic heterocycles. The lowest BCUT2D eigenvalue weighted by Gasteiger charge is -2.13. The van der Waals surface area contributed by atoms with Crippen LogP contribution in [0.4, 0.5) is 27.8 Å². The Balaban J connectivity index is 2.50. The molecule has 1 heterocycles. The molecule has 152 valence electrons. The first-order valence-corrected chi connectivity index (χ1v) is 8.78. The standard InChI is InChI=1S/C19H21N5O5/c1-4-8-16(26)29-15-11-14(24-23-13-9-6-5-7-10-13)17(20-12(2)25)21-18(15)22-19(27)28-3/h5-7,9-11H,4,8H2,1-3H3,(H2,20,21,22,25,27). The average Bonchev–Trinajstić information content (AvgIpc) is 2.69. The Hall–Kier alpha value is -3.82. The van der Waals surface area contributed by atoms with Gasteiger partial charge in [0.1, 0.15) is 5.69 Å². The normalized spacial score (nSPS) is 10.4. The van der Waals surface area contributed by atoms with E-state index in [1.54, 1.807) is 24.3 Å². The quantitative estimate of drug-likeness (QED) is 0.526. The van der Waals surface area contributed by atoms with E-state index in [0.717, 1.165) is 0 Å². The van der Waals surface area contributed by atoms with Crippen molar-refractivity contribution in [2.75, 3.05) is 17.7 Å². The first-order valence-electron chi connectivity index (χ1n) is 8.78. The van der Waals surface area contributed by atoms with Gasteiger partial charge >= 0.3 is 12.1 Å².